The van der Waals surface area contributed by atoms with Crippen LogP contribution in [-0.4, -0.2) is 41.8 Å². The van der Waals surface area contributed by atoms with Gasteiger partial charge in [0.15, 0.2) is 5.03 Å². The Labute approximate surface area is 112 Å². The molecule has 1 aromatic rings. The molecule has 3 rings (SSSR count). The first-order valence-corrected chi connectivity index (χ1v) is 7.27. The van der Waals surface area contributed by atoms with Gasteiger partial charge < -0.3 is 10.7 Å². The van der Waals surface area contributed by atoms with Gasteiger partial charge in [0.1, 0.15) is 0 Å². The lowest BCUT2D eigenvalue weighted by Gasteiger charge is -2.17. The Kier molecular flexibility index (Phi) is 3.68. The van der Waals surface area contributed by atoms with Crippen LogP contribution in [0.15, 0.2) is 17.6 Å². The quantitative estimate of drug-likeness (QED) is 0.814. The molecule has 3 unspecified atom stereocenters. The van der Waals surface area contributed by atoms with Gasteiger partial charge in [0, 0.05) is 19.1 Å². The zero-order chi connectivity index (χ0) is 12.0. The summed E-state index contributed by atoms with van der Waals surface area (Å²) in [6.45, 7) is 1.15. The molecular formula is C10H17ClN4O2S. The van der Waals surface area contributed by atoms with Crippen LogP contribution < -0.4 is 5.73 Å². The number of hydrogen-bond acceptors (Lipinski definition) is 4. The summed E-state index contributed by atoms with van der Waals surface area (Å²) >= 11 is 0. The first kappa shape index (κ1) is 13.8. The van der Waals surface area contributed by atoms with Gasteiger partial charge in [-0.05, 0) is 24.7 Å². The molecule has 3 atom stereocenters. The molecule has 2 heterocycles. The van der Waals surface area contributed by atoms with Gasteiger partial charge in [-0.3, -0.25) is 0 Å². The second-order valence-electron chi connectivity index (χ2n) is 4.90. The Hall–Kier alpha value is -0.630. The molecule has 1 aliphatic carbocycles. The topological polar surface area (TPSA) is 92.1 Å². The first-order chi connectivity index (χ1) is 8.09. The Balaban J connectivity index is 0.00000120. The molecule has 1 aliphatic heterocycles. The molecule has 0 radical (unpaired) electrons. The van der Waals surface area contributed by atoms with Gasteiger partial charge in [-0.2, -0.15) is 4.31 Å². The van der Waals surface area contributed by atoms with Gasteiger partial charge in [0.05, 0.1) is 12.5 Å². The van der Waals surface area contributed by atoms with Gasteiger partial charge in [0.25, 0.3) is 10.0 Å². The third kappa shape index (κ3) is 2.05. The van der Waals surface area contributed by atoms with E-state index in [9.17, 15) is 8.42 Å². The summed E-state index contributed by atoms with van der Waals surface area (Å²) in [5.74, 6) is 0.760. The summed E-state index contributed by atoms with van der Waals surface area (Å²) in [7, 11) is -3.40. The van der Waals surface area contributed by atoms with Gasteiger partial charge in [0.2, 0.25) is 0 Å². The standard InChI is InChI=1S/C10H16N4O2S.ClH/c11-9-2-1-7-4-14(5-8(7)9)17(15,16)10-3-12-6-13-10;/h3,6-9H,1-2,4-5,11H2,(H,12,13);1H. The van der Waals surface area contributed by atoms with Gasteiger partial charge in [-0.25, -0.2) is 13.4 Å². The van der Waals surface area contributed by atoms with Crippen LogP contribution in [0.25, 0.3) is 0 Å². The lowest BCUT2D eigenvalue weighted by molar-refractivity contribution is 0.426. The molecule has 1 aromatic heterocycles. The van der Waals surface area contributed by atoms with Crippen molar-refractivity contribution in [2.75, 3.05) is 13.1 Å². The van der Waals surface area contributed by atoms with Crippen molar-refractivity contribution in [3.63, 3.8) is 0 Å². The number of aromatic nitrogens is 2. The highest BCUT2D eigenvalue weighted by atomic mass is 35.5. The van der Waals surface area contributed by atoms with Crippen LogP contribution in [0, 0.1) is 11.8 Å². The number of imidazole rings is 1. The number of hydrogen-bond donors (Lipinski definition) is 2. The minimum atomic E-state index is -3.40. The van der Waals surface area contributed by atoms with E-state index in [1.165, 1.54) is 16.8 Å². The maximum Gasteiger partial charge on any atom is 0.260 e. The SMILES string of the molecule is Cl.NC1CCC2CN(S(=O)(=O)c3cnc[nH]3)CC12. The summed E-state index contributed by atoms with van der Waals surface area (Å²) in [6.07, 6.45) is 4.80. The van der Waals surface area contributed by atoms with Crippen LogP contribution in [0.1, 0.15) is 12.8 Å². The van der Waals surface area contributed by atoms with Crippen molar-refractivity contribution in [3.8, 4) is 0 Å². The average Bonchev–Trinajstić information content (AvgIpc) is 2.96. The summed E-state index contributed by atoms with van der Waals surface area (Å²) in [5.41, 5.74) is 6.00. The molecular weight excluding hydrogens is 276 g/mol. The maximum absolute atomic E-state index is 12.2. The predicted molar refractivity (Wildman–Crippen MR) is 68.8 cm³/mol. The normalized spacial score (nSPS) is 32.2. The predicted octanol–water partition coefficient (Wildman–Crippen LogP) is 0.189. The Morgan fingerprint density at radius 1 is 1.39 bits per heavy atom. The van der Waals surface area contributed by atoms with E-state index in [0.717, 1.165) is 12.8 Å². The number of nitrogens with one attached hydrogen (secondary N) is 1. The monoisotopic (exact) mass is 292 g/mol. The molecule has 18 heavy (non-hydrogen) atoms. The number of nitrogens with zero attached hydrogens (tertiary/aromatic N) is 2. The lowest BCUT2D eigenvalue weighted by Crippen LogP contribution is -2.33. The summed E-state index contributed by atoms with van der Waals surface area (Å²) in [5, 5.41) is 0.172. The third-order valence-corrected chi connectivity index (χ3v) is 5.73. The van der Waals surface area contributed by atoms with E-state index < -0.39 is 10.0 Å². The minimum absolute atomic E-state index is 0. The number of sulfonamides is 1. The van der Waals surface area contributed by atoms with E-state index in [4.69, 9.17) is 5.73 Å². The van der Waals surface area contributed by atoms with Gasteiger partial charge >= 0.3 is 0 Å². The molecule has 0 aromatic carbocycles. The van der Waals surface area contributed by atoms with E-state index >= 15 is 0 Å². The fraction of sp³-hybridized carbons (Fsp3) is 0.700. The molecule has 2 fully saturated rings. The van der Waals surface area contributed by atoms with E-state index in [1.54, 1.807) is 0 Å². The number of H-pyrrole nitrogens is 1. The third-order valence-electron chi connectivity index (χ3n) is 3.97. The van der Waals surface area contributed by atoms with Crippen molar-refractivity contribution in [2.45, 2.75) is 23.9 Å². The zero-order valence-corrected chi connectivity index (χ0v) is 11.5. The molecule has 6 nitrogen and oxygen atoms in total. The van der Waals surface area contributed by atoms with Crippen molar-refractivity contribution >= 4 is 22.4 Å². The highest BCUT2D eigenvalue weighted by molar-refractivity contribution is 7.89. The highest BCUT2D eigenvalue weighted by Crippen LogP contribution is 2.38. The lowest BCUT2D eigenvalue weighted by atomic mass is 9.98. The number of aromatic amines is 1. The fourth-order valence-electron chi connectivity index (χ4n) is 2.99. The number of fused-ring (bicyclic) bond motifs is 1. The number of halogens is 1. The van der Waals surface area contributed by atoms with Gasteiger partial charge in [-0.1, -0.05) is 0 Å². The number of nitrogens with two attached hydrogens (primary N) is 1. The van der Waals surface area contributed by atoms with E-state index in [1.807, 2.05) is 0 Å². The van der Waals surface area contributed by atoms with Crippen LogP contribution in [0.3, 0.4) is 0 Å². The molecule has 1 saturated carbocycles. The molecule has 2 aliphatic rings. The molecule has 102 valence electrons. The minimum Gasteiger partial charge on any atom is -0.335 e. The van der Waals surface area contributed by atoms with Crippen LogP contribution in [0.5, 0.6) is 0 Å². The zero-order valence-electron chi connectivity index (χ0n) is 9.82. The fourth-order valence-corrected chi connectivity index (χ4v) is 4.42. The van der Waals surface area contributed by atoms with E-state index in [0.29, 0.717) is 24.9 Å². The van der Waals surface area contributed by atoms with Crippen LogP contribution >= 0.6 is 12.4 Å². The molecule has 1 saturated heterocycles. The molecule has 3 N–H and O–H groups in total. The molecule has 0 spiro atoms. The van der Waals surface area contributed by atoms with Crippen molar-refractivity contribution < 1.29 is 8.42 Å². The van der Waals surface area contributed by atoms with E-state index in [-0.39, 0.29) is 23.5 Å². The second-order valence-corrected chi connectivity index (χ2v) is 6.81. The first-order valence-electron chi connectivity index (χ1n) is 5.83. The Morgan fingerprint density at radius 3 is 2.78 bits per heavy atom. The van der Waals surface area contributed by atoms with Crippen molar-refractivity contribution in [3.05, 3.63) is 12.5 Å². The van der Waals surface area contributed by atoms with Crippen molar-refractivity contribution in [2.24, 2.45) is 17.6 Å². The van der Waals surface area contributed by atoms with Gasteiger partial charge in [-0.15, -0.1) is 12.4 Å². The molecule has 0 bridgehead atoms. The van der Waals surface area contributed by atoms with Crippen LogP contribution in [0.2, 0.25) is 0 Å². The maximum atomic E-state index is 12.2. The van der Waals surface area contributed by atoms with Crippen LogP contribution in [-0.2, 0) is 10.0 Å². The summed E-state index contributed by atoms with van der Waals surface area (Å²) in [4.78, 5) is 6.42. The Bertz CT molecular complexity index is 504. The Morgan fingerprint density at radius 2 is 2.17 bits per heavy atom. The number of rotatable bonds is 2. The smallest absolute Gasteiger partial charge is 0.260 e. The average molecular weight is 293 g/mol. The summed E-state index contributed by atoms with van der Waals surface area (Å²) < 4.78 is 26.0. The second kappa shape index (κ2) is 4.80. The van der Waals surface area contributed by atoms with Crippen LogP contribution in [0.4, 0.5) is 0 Å². The molecule has 8 heteroatoms. The highest BCUT2D eigenvalue weighted by Gasteiger charge is 2.45. The van der Waals surface area contributed by atoms with Crippen molar-refractivity contribution in [1.29, 1.82) is 0 Å². The van der Waals surface area contributed by atoms with E-state index in [2.05, 4.69) is 9.97 Å². The largest absolute Gasteiger partial charge is 0.335 e. The summed E-state index contributed by atoms with van der Waals surface area (Å²) in [6, 6.07) is 0.155. The van der Waals surface area contributed by atoms with Crippen molar-refractivity contribution in [1.82, 2.24) is 14.3 Å². The molecule has 0 amide bonds.